The molecule has 2 heterocycles. The highest BCUT2D eigenvalue weighted by Crippen LogP contribution is 2.35. The van der Waals surface area contributed by atoms with E-state index in [-0.39, 0.29) is 12.2 Å². The number of hydrogen-bond donors (Lipinski definition) is 0. The third kappa shape index (κ3) is 5.48. The highest BCUT2D eigenvalue weighted by Gasteiger charge is 2.35. The number of thiazole rings is 1. The van der Waals surface area contributed by atoms with E-state index in [4.69, 9.17) is 14.5 Å². The number of aromatic nitrogens is 1. The number of carbonyl (C=O) groups is 1. The molecule has 39 heavy (non-hydrogen) atoms. The van der Waals surface area contributed by atoms with Gasteiger partial charge in [-0.05, 0) is 61.6 Å². The number of hydrogen-bond acceptors (Lipinski definition) is 7. The zero-order chi connectivity index (χ0) is 27.4. The van der Waals surface area contributed by atoms with Crippen LogP contribution in [0.1, 0.15) is 36.6 Å². The smallest absolute Gasteiger partial charge is 0.338 e. The first-order valence-corrected chi connectivity index (χ1v) is 14.7. The zero-order valence-electron chi connectivity index (χ0n) is 21.9. The highest BCUT2D eigenvalue weighted by atomic mass is 32.2. The minimum atomic E-state index is -0.691. The molecule has 0 aliphatic carbocycles. The third-order valence-corrected chi connectivity index (χ3v) is 8.00. The summed E-state index contributed by atoms with van der Waals surface area (Å²) in [5.74, 6) is 0.250. The van der Waals surface area contributed by atoms with Gasteiger partial charge in [-0.25, -0.2) is 9.79 Å². The first-order valence-electron chi connectivity index (χ1n) is 12.7. The molecular weight excluding hydrogens is 528 g/mol. The second kappa shape index (κ2) is 11.9. The van der Waals surface area contributed by atoms with Crippen LogP contribution in [0.3, 0.4) is 0 Å². The highest BCUT2D eigenvalue weighted by molar-refractivity contribution is 7.98. The van der Waals surface area contributed by atoms with Gasteiger partial charge in [0, 0.05) is 10.5 Å². The number of fused-ring (bicyclic) bond motifs is 1. The maximum atomic E-state index is 14.0. The van der Waals surface area contributed by atoms with Gasteiger partial charge in [-0.15, -0.1) is 11.8 Å². The summed E-state index contributed by atoms with van der Waals surface area (Å²) in [6.45, 7) is 4.47. The van der Waals surface area contributed by atoms with E-state index in [1.165, 1.54) is 11.3 Å². The molecule has 0 spiro atoms. The lowest BCUT2D eigenvalue weighted by Crippen LogP contribution is -2.40. The van der Waals surface area contributed by atoms with Crippen LogP contribution in [0.5, 0.6) is 5.75 Å². The number of thioether (sulfide) groups is 1. The van der Waals surface area contributed by atoms with Gasteiger partial charge < -0.3 is 9.47 Å². The molecule has 0 amide bonds. The molecule has 0 saturated carbocycles. The van der Waals surface area contributed by atoms with E-state index >= 15 is 0 Å². The molecule has 3 aromatic carbocycles. The van der Waals surface area contributed by atoms with Crippen molar-refractivity contribution >= 4 is 40.8 Å². The van der Waals surface area contributed by atoms with Gasteiger partial charge in [-0.3, -0.25) is 9.36 Å². The summed E-state index contributed by atoms with van der Waals surface area (Å²) in [6, 6.07) is 24.4. The largest absolute Gasteiger partial charge is 0.494 e. The number of rotatable bonds is 8. The Balaban J connectivity index is 1.78. The lowest BCUT2D eigenvalue weighted by Gasteiger charge is -2.26. The van der Waals surface area contributed by atoms with Crippen molar-refractivity contribution in [2.75, 3.05) is 19.5 Å². The Morgan fingerprint density at radius 1 is 1.03 bits per heavy atom. The van der Waals surface area contributed by atoms with Gasteiger partial charge in [0.2, 0.25) is 0 Å². The molecule has 1 aliphatic heterocycles. The first kappa shape index (κ1) is 26.7. The summed E-state index contributed by atoms with van der Waals surface area (Å²) in [5.41, 5.74) is 3.09. The fraction of sp³-hybridized carbons (Fsp3) is 0.194. The summed E-state index contributed by atoms with van der Waals surface area (Å²) < 4.78 is 13.3. The fourth-order valence-electron chi connectivity index (χ4n) is 4.55. The molecule has 1 aromatic heterocycles. The Morgan fingerprint density at radius 2 is 1.79 bits per heavy atom. The van der Waals surface area contributed by atoms with Gasteiger partial charge in [-0.1, -0.05) is 65.9 Å². The van der Waals surface area contributed by atoms with Crippen LogP contribution in [0.2, 0.25) is 0 Å². The first-order chi connectivity index (χ1) is 19.0. The Labute approximate surface area is 235 Å². The normalized spacial score (nSPS) is 15.1. The zero-order valence-corrected chi connectivity index (χ0v) is 23.6. The molecule has 198 valence electrons. The average molecular weight is 557 g/mol. The van der Waals surface area contributed by atoms with Gasteiger partial charge in [-0.2, -0.15) is 0 Å². The number of carbonyl (C=O) groups excluding carboxylic acids is 1. The Morgan fingerprint density at radius 3 is 2.49 bits per heavy atom. The van der Waals surface area contributed by atoms with Crippen LogP contribution in [-0.2, 0) is 9.53 Å². The van der Waals surface area contributed by atoms with Crippen molar-refractivity contribution in [3.8, 4) is 5.75 Å². The van der Waals surface area contributed by atoms with Gasteiger partial charge in [0.15, 0.2) is 4.80 Å². The second-order valence-electron chi connectivity index (χ2n) is 8.71. The van der Waals surface area contributed by atoms with Crippen LogP contribution in [0.4, 0.5) is 0 Å². The number of nitrogens with zero attached hydrogens (tertiary/aromatic N) is 2. The van der Waals surface area contributed by atoms with Crippen molar-refractivity contribution < 1.29 is 14.3 Å². The summed E-state index contributed by atoms with van der Waals surface area (Å²) in [4.78, 5) is 34.0. The SMILES string of the molecule is CCOC(=O)C1=C(c2ccccc2)N=c2sc(=Cc3cccc(OCC)c3)c(=O)n2[C@@H]1c1ccc(SC)cc1. The standard InChI is InChI=1S/C31H28N2O4S2/c1-4-36-23-13-9-10-20(18-23)19-25-29(34)33-28(22-14-16-24(38-3)17-15-22)26(30(35)37-5-2)27(32-31(33)39-25)21-11-7-6-8-12-21/h6-19,28H,4-5H2,1-3H3/t28-/m1/s1. The second-order valence-corrected chi connectivity index (χ2v) is 10.6. The van der Waals surface area contributed by atoms with Gasteiger partial charge in [0.25, 0.3) is 5.56 Å². The lowest BCUT2D eigenvalue weighted by molar-refractivity contribution is -0.138. The van der Waals surface area contributed by atoms with E-state index in [0.717, 1.165) is 27.3 Å². The molecular formula is C31H28N2O4S2. The molecule has 6 nitrogen and oxygen atoms in total. The molecule has 0 radical (unpaired) electrons. The molecule has 0 bridgehead atoms. The van der Waals surface area contributed by atoms with Crippen molar-refractivity contribution in [2.24, 2.45) is 4.99 Å². The molecule has 5 rings (SSSR count). The topological polar surface area (TPSA) is 69.9 Å². The lowest BCUT2D eigenvalue weighted by atomic mass is 9.93. The van der Waals surface area contributed by atoms with Crippen molar-refractivity contribution in [3.63, 3.8) is 0 Å². The van der Waals surface area contributed by atoms with Crippen LogP contribution in [0.25, 0.3) is 11.8 Å². The minimum Gasteiger partial charge on any atom is -0.494 e. The predicted molar refractivity (Wildman–Crippen MR) is 157 cm³/mol. The van der Waals surface area contributed by atoms with Crippen LogP contribution >= 0.6 is 23.1 Å². The average Bonchev–Trinajstić information content (AvgIpc) is 3.27. The predicted octanol–water partition coefficient (Wildman–Crippen LogP) is 5.06. The maximum absolute atomic E-state index is 14.0. The summed E-state index contributed by atoms with van der Waals surface area (Å²) in [7, 11) is 0. The summed E-state index contributed by atoms with van der Waals surface area (Å²) in [6.07, 6.45) is 3.85. The van der Waals surface area contributed by atoms with Crippen LogP contribution in [0, 0.1) is 0 Å². The van der Waals surface area contributed by atoms with E-state index < -0.39 is 12.0 Å². The number of benzene rings is 3. The van der Waals surface area contributed by atoms with Crippen molar-refractivity contribution in [3.05, 3.63) is 121 Å². The van der Waals surface area contributed by atoms with E-state index in [1.54, 1.807) is 23.3 Å². The fourth-order valence-corrected chi connectivity index (χ4v) is 5.96. The van der Waals surface area contributed by atoms with Gasteiger partial charge in [0.05, 0.1) is 35.1 Å². The molecule has 4 aromatic rings. The maximum Gasteiger partial charge on any atom is 0.338 e. The molecule has 8 heteroatoms. The molecule has 0 unspecified atom stereocenters. The minimum absolute atomic E-state index is 0.211. The van der Waals surface area contributed by atoms with Crippen molar-refractivity contribution in [2.45, 2.75) is 24.8 Å². The Bertz CT molecular complexity index is 1700. The van der Waals surface area contributed by atoms with Crippen molar-refractivity contribution in [1.29, 1.82) is 0 Å². The molecule has 0 fully saturated rings. The van der Waals surface area contributed by atoms with E-state index in [1.807, 2.05) is 98.1 Å². The van der Waals surface area contributed by atoms with Crippen LogP contribution in [-0.4, -0.2) is 30.0 Å². The van der Waals surface area contributed by atoms with Gasteiger partial charge >= 0.3 is 5.97 Å². The monoisotopic (exact) mass is 556 g/mol. The molecule has 0 saturated heterocycles. The molecule has 1 aliphatic rings. The van der Waals surface area contributed by atoms with E-state index in [0.29, 0.717) is 27.2 Å². The quantitative estimate of drug-likeness (QED) is 0.224. The van der Waals surface area contributed by atoms with Crippen molar-refractivity contribution in [1.82, 2.24) is 4.57 Å². The van der Waals surface area contributed by atoms with Crippen LogP contribution in [0.15, 0.2) is 99.1 Å². The Kier molecular flexibility index (Phi) is 8.14. The van der Waals surface area contributed by atoms with E-state index in [9.17, 15) is 9.59 Å². The molecule has 1 atom stereocenters. The summed E-state index contributed by atoms with van der Waals surface area (Å²) >= 11 is 2.94. The Hall–Kier alpha value is -3.88. The summed E-state index contributed by atoms with van der Waals surface area (Å²) in [5, 5.41) is 0. The van der Waals surface area contributed by atoms with Crippen LogP contribution < -0.4 is 19.6 Å². The number of esters is 1. The van der Waals surface area contributed by atoms with E-state index in [2.05, 4.69) is 0 Å². The third-order valence-electron chi connectivity index (χ3n) is 6.27. The van der Waals surface area contributed by atoms with Gasteiger partial charge in [0.1, 0.15) is 5.75 Å². The molecule has 0 N–H and O–H groups in total. The number of ether oxygens (including phenoxy) is 2.